The molecule has 8 N–H and O–H groups in total. The molecule has 0 spiro atoms. The van der Waals surface area contributed by atoms with Crippen LogP contribution in [-0.2, 0) is 41.6 Å². The Morgan fingerprint density at radius 3 is 1.86 bits per heavy atom. The van der Waals surface area contributed by atoms with E-state index in [4.69, 9.17) is 15.2 Å². The molecule has 0 fully saturated rings. The molecule has 328 valence electrons. The van der Waals surface area contributed by atoms with Gasteiger partial charge in [0.2, 0.25) is 11.8 Å². The molecule has 0 heterocycles. The topological polar surface area (TPSA) is 239 Å². The highest BCUT2D eigenvalue weighted by Gasteiger charge is 2.30. The summed E-state index contributed by atoms with van der Waals surface area (Å²) in [6.45, 7) is 14.5. The largest absolute Gasteiger partial charge is 0.480 e. The number of aliphatic carboxylic acids is 1. The number of hydrogen-bond acceptors (Lipinski definition) is 10. The van der Waals surface area contributed by atoms with E-state index in [9.17, 15) is 39.0 Å². The molecule has 0 aromatic heterocycles. The molecule has 0 saturated heterocycles. The Morgan fingerprint density at radius 1 is 0.763 bits per heavy atom. The van der Waals surface area contributed by atoms with E-state index < -0.39 is 71.4 Å². The van der Waals surface area contributed by atoms with Crippen LogP contribution in [-0.4, -0.2) is 99.6 Å². The van der Waals surface area contributed by atoms with Gasteiger partial charge in [0.1, 0.15) is 23.3 Å². The molecule has 0 aliphatic heterocycles. The van der Waals surface area contributed by atoms with Crippen LogP contribution in [0.4, 0.5) is 9.59 Å². The Morgan fingerprint density at radius 2 is 1.34 bits per heavy atom. The van der Waals surface area contributed by atoms with Crippen LogP contribution in [0, 0.1) is 0 Å². The lowest BCUT2D eigenvalue weighted by atomic mass is 10.0. The summed E-state index contributed by atoms with van der Waals surface area (Å²) >= 11 is 0. The van der Waals surface area contributed by atoms with E-state index in [1.165, 1.54) is 17.4 Å². The number of unbranched alkanes of at least 4 members (excludes halogenated alkanes) is 2. The van der Waals surface area contributed by atoms with Gasteiger partial charge in [-0.05, 0) is 109 Å². The van der Waals surface area contributed by atoms with Crippen LogP contribution in [0.2, 0.25) is 0 Å². The fourth-order valence-corrected chi connectivity index (χ4v) is 5.72. The van der Waals surface area contributed by atoms with Crippen LogP contribution in [0.1, 0.15) is 111 Å². The molecular weight excluding hydrogens is 761 g/mol. The smallest absolute Gasteiger partial charge is 0.410 e. The average Bonchev–Trinajstić information content (AvgIpc) is 3.13. The molecule has 0 unspecified atom stereocenters. The molecule has 2 aromatic rings. The summed E-state index contributed by atoms with van der Waals surface area (Å²) in [5.41, 5.74) is 8.72. The first-order valence-corrected chi connectivity index (χ1v) is 20.3. The quantitative estimate of drug-likeness (QED) is 0.0632. The van der Waals surface area contributed by atoms with Gasteiger partial charge in [0, 0.05) is 26.1 Å². The number of carboxylic acid groups (broad SMARTS) is 1. The standard InChI is InChI=1S/C43H66N6O10/c1-9-10-14-29-17-21-31(22-18-29)32-23-19-30(20-24-32)27-49(41(57)59-43(6,7)8)26-13-16-34(51)47-35(28(2)50)37(52)48-36(44)38(53)46-33(39(54)55)15-11-12-25-45-40(56)58-42(3,4)5/h17-24,28,33,35-36,50H,9-16,25-27,44H2,1-8H3,(H,45,56)(H,46,53)(H,47,51)(H,48,52)(H,54,55)/t28-,33+,35+,36-/m1/s1. The zero-order valence-corrected chi connectivity index (χ0v) is 35.9. The number of alkyl carbamates (subject to hydrolysis) is 1. The Hall–Kier alpha value is -5.22. The third-order valence-electron chi connectivity index (χ3n) is 8.78. The molecular formula is C43H66N6O10. The van der Waals surface area contributed by atoms with E-state index in [-0.39, 0.29) is 38.9 Å². The van der Waals surface area contributed by atoms with Gasteiger partial charge in [-0.1, -0.05) is 61.9 Å². The van der Waals surface area contributed by atoms with Gasteiger partial charge in [0.05, 0.1) is 6.10 Å². The fraction of sp³-hybridized carbons (Fsp3) is 0.581. The molecule has 2 rings (SSSR count). The normalized spacial score (nSPS) is 13.5. The van der Waals surface area contributed by atoms with Crippen molar-refractivity contribution in [2.75, 3.05) is 13.1 Å². The molecule has 0 aliphatic rings. The molecule has 16 heteroatoms. The van der Waals surface area contributed by atoms with Gasteiger partial charge >= 0.3 is 18.2 Å². The van der Waals surface area contributed by atoms with E-state index in [0.717, 1.165) is 36.0 Å². The first-order chi connectivity index (χ1) is 27.6. The summed E-state index contributed by atoms with van der Waals surface area (Å²) in [4.78, 5) is 77.1. The molecule has 16 nitrogen and oxygen atoms in total. The second-order valence-corrected chi connectivity index (χ2v) is 16.6. The number of aliphatic hydroxyl groups excluding tert-OH is 1. The fourth-order valence-electron chi connectivity index (χ4n) is 5.72. The van der Waals surface area contributed by atoms with Gasteiger partial charge in [-0.3, -0.25) is 14.4 Å². The molecule has 4 atom stereocenters. The molecule has 2 aromatic carbocycles. The number of aliphatic hydroxyl groups is 1. The number of carbonyl (C=O) groups excluding carboxylic acids is 5. The third kappa shape index (κ3) is 19.9. The molecule has 0 saturated carbocycles. The number of rotatable bonds is 22. The van der Waals surface area contributed by atoms with Crippen molar-refractivity contribution >= 4 is 35.9 Å². The van der Waals surface area contributed by atoms with Gasteiger partial charge < -0.3 is 51.6 Å². The second kappa shape index (κ2) is 24.0. The molecule has 5 amide bonds. The lowest BCUT2D eigenvalue weighted by Crippen LogP contribution is -2.61. The van der Waals surface area contributed by atoms with Crippen molar-refractivity contribution in [1.82, 2.24) is 26.2 Å². The van der Waals surface area contributed by atoms with Gasteiger partial charge in [0.15, 0.2) is 6.17 Å². The van der Waals surface area contributed by atoms with Crippen molar-refractivity contribution in [3.8, 4) is 11.1 Å². The third-order valence-corrected chi connectivity index (χ3v) is 8.78. The van der Waals surface area contributed by atoms with Crippen LogP contribution >= 0.6 is 0 Å². The molecule has 0 bridgehead atoms. The molecule has 0 radical (unpaired) electrons. The minimum absolute atomic E-state index is 0.00985. The van der Waals surface area contributed by atoms with Crippen LogP contribution in [0.3, 0.4) is 0 Å². The Kier molecular flexibility index (Phi) is 20.3. The summed E-state index contributed by atoms with van der Waals surface area (Å²) in [5.74, 6) is -3.90. The Balaban J connectivity index is 1.94. The maximum absolute atomic E-state index is 13.2. The summed E-state index contributed by atoms with van der Waals surface area (Å²) in [6, 6.07) is 13.5. The van der Waals surface area contributed by atoms with E-state index in [0.29, 0.717) is 12.8 Å². The molecule has 0 aliphatic carbocycles. The van der Waals surface area contributed by atoms with Crippen molar-refractivity contribution in [3.63, 3.8) is 0 Å². The van der Waals surface area contributed by atoms with Crippen LogP contribution in [0.25, 0.3) is 11.1 Å². The van der Waals surface area contributed by atoms with Crippen LogP contribution in [0.15, 0.2) is 48.5 Å². The summed E-state index contributed by atoms with van der Waals surface area (Å²) in [6.07, 6.45) is -0.126. The zero-order valence-electron chi connectivity index (χ0n) is 35.9. The maximum atomic E-state index is 13.2. The lowest BCUT2D eigenvalue weighted by Gasteiger charge is -2.28. The minimum atomic E-state index is -1.70. The van der Waals surface area contributed by atoms with Gasteiger partial charge in [-0.25, -0.2) is 14.4 Å². The van der Waals surface area contributed by atoms with Crippen molar-refractivity contribution in [2.45, 2.75) is 149 Å². The Bertz CT molecular complexity index is 1670. The number of nitrogens with zero attached hydrogens (tertiary/aromatic N) is 1. The number of amides is 5. The summed E-state index contributed by atoms with van der Waals surface area (Å²) < 4.78 is 10.8. The summed E-state index contributed by atoms with van der Waals surface area (Å²) in [5, 5.41) is 29.4. The van der Waals surface area contributed by atoms with Gasteiger partial charge in [-0.2, -0.15) is 0 Å². The van der Waals surface area contributed by atoms with E-state index in [1.54, 1.807) is 41.5 Å². The second-order valence-electron chi connectivity index (χ2n) is 16.6. The van der Waals surface area contributed by atoms with E-state index in [1.807, 2.05) is 24.3 Å². The first-order valence-electron chi connectivity index (χ1n) is 20.3. The predicted octanol–water partition coefficient (Wildman–Crippen LogP) is 4.74. The van der Waals surface area contributed by atoms with Crippen molar-refractivity contribution < 1.29 is 48.5 Å². The highest BCUT2D eigenvalue weighted by atomic mass is 16.6. The number of ether oxygens (including phenoxy) is 2. The highest BCUT2D eigenvalue weighted by Crippen LogP contribution is 2.22. The molecule has 59 heavy (non-hydrogen) atoms. The maximum Gasteiger partial charge on any atom is 0.410 e. The number of nitrogens with one attached hydrogen (secondary N) is 4. The zero-order chi connectivity index (χ0) is 44.3. The monoisotopic (exact) mass is 826 g/mol. The van der Waals surface area contributed by atoms with E-state index in [2.05, 4.69) is 52.5 Å². The SMILES string of the molecule is CCCCc1ccc(-c2ccc(CN(CCCC(=O)N[C@H](C(=O)N[C@@H](N)C(=O)N[C@@H](CCCCNC(=O)OC(C)(C)C)C(=O)O)[C@@H](C)O)C(=O)OC(C)(C)C)cc2)cc1. The number of aryl methyl sites for hydroxylation is 1. The number of carboxylic acids is 1. The number of benzene rings is 2. The van der Waals surface area contributed by atoms with E-state index >= 15 is 0 Å². The average molecular weight is 827 g/mol. The highest BCUT2D eigenvalue weighted by molar-refractivity contribution is 5.93. The summed E-state index contributed by atoms with van der Waals surface area (Å²) in [7, 11) is 0. The number of hydrogen-bond donors (Lipinski definition) is 7. The van der Waals surface area contributed by atoms with Gasteiger partial charge in [0.25, 0.3) is 5.91 Å². The Labute approximate surface area is 348 Å². The van der Waals surface area contributed by atoms with Crippen molar-refractivity contribution in [1.29, 1.82) is 0 Å². The first kappa shape index (κ1) is 49.9. The van der Waals surface area contributed by atoms with Crippen molar-refractivity contribution in [3.05, 3.63) is 59.7 Å². The van der Waals surface area contributed by atoms with Crippen molar-refractivity contribution in [2.24, 2.45) is 5.73 Å². The van der Waals surface area contributed by atoms with Crippen LogP contribution in [0.5, 0.6) is 0 Å². The predicted molar refractivity (Wildman–Crippen MR) is 224 cm³/mol. The number of carbonyl (C=O) groups is 6. The number of nitrogens with two attached hydrogens (primary N) is 1. The lowest BCUT2D eigenvalue weighted by molar-refractivity contribution is -0.142. The minimum Gasteiger partial charge on any atom is -0.480 e. The van der Waals surface area contributed by atoms with Crippen LogP contribution < -0.4 is 27.0 Å². The van der Waals surface area contributed by atoms with Gasteiger partial charge in [-0.15, -0.1) is 0 Å².